The molecule has 0 fully saturated rings. The van der Waals surface area contributed by atoms with Crippen molar-refractivity contribution in [1.82, 2.24) is 0 Å². The lowest BCUT2D eigenvalue weighted by Gasteiger charge is -2.32. The van der Waals surface area contributed by atoms with Crippen LogP contribution in [0.5, 0.6) is 0 Å². The van der Waals surface area contributed by atoms with E-state index in [9.17, 15) is 5.11 Å². The lowest BCUT2D eigenvalue weighted by Crippen LogP contribution is -2.25. The molecule has 1 N–H and O–H groups in total. The zero-order valence-electron chi connectivity index (χ0n) is 11.3. The van der Waals surface area contributed by atoms with Crippen molar-refractivity contribution in [2.75, 3.05) is 11.4 Å². The normalized spacial score (nSPS) is 14.3. The summed E-state index contributed by atoms with van der Waals surface area (Å²) in [6.45, 7) is 3.29. The van der Waals surface area contributed by atoms with Gasteiger partial charge in [0.2, 0.25) is 0 Å². The van der Waals surface area contributed by atoms with E-state index in [2.05, 4.69) is 48.2 Å². The van der Waals surface area contributed by atoms with E-state index in [0.717, 1.165) is 12.1 Å². The van der Waals surface area contributed by atoms with Crippen LogP contribution in [0.25, 0.3) is 0 Å². The summed E-state index contributed by atoms with van der Waals surface area (Å²) in [5.41, 5.74) is 6.21. The molecular formula is C17H19NO. The fourth-order valence-electron chi connectivity index (χ4n) is 2.90. The standard InChI is InChI=1S/C17H19NO/c1-13-11-14(12-19)8-9-16(13)18-10-4-6-15-5-2-3-7-17(15)18/h2-3,5,7-9,11,19H,4,6,10,12H2,1H3. The number of hydrogen-bond donors (Lipinski definition) is 1. The molecule has 2 nitrogen and oxygen atoms in total. The Labute approximate surface area is 114 Å². The minimum atomic E-state index is 0.109. The lowest BCUT2D eigenvalue weighted by molar-refractivity contribution is 0.282. The van der Waals surface area contributed by atoms with Gasteiger partial charge in [-0.3, -0.25) is 0 Å². The number of nitrogens with zero attached hydrogens (tertiary/aromatic N) is 1. The van der Waals surface area contributed by atoms with Crippen LogP contribution in [0, 0.1) is 6.92 Å². The monoisotopic (exact) mass is 253 g/mol. The van der Waals surface area contributed by atoms with E-state index in [4.69, 9.17) is 0 Å². The topological polar surface area (TPSA) is 23.5 Å². The van der Waals surface area contributed by atoms with E-state index >= 15 is 0 Å². The van der Waals surface area contributed by atoms with Gasteiger partial charge in [0.05, 0.1) is 6.61 Å². The molecule has 0 aliphatic carbocycles. The van der Waals surface area contributed by atoms with Crippen LogP contribution in [0.3, 0.4) is 0 Å². The summed E-state index contributed by atoms with van der Waals surface area (Å²) in [6.07, 6.45) is 2.36. The fourth-order valence-corrected chi connectivity index (χ4v) is 2.90. The van der Waals surface area contributed by atoms with E-state index in [1.807, 2.05) is 6.07 Å². The van der Waals surface area contributed by atoms with Crippen molar-refractivity contribution in [3.05, 3.63) is 59.2 Å². The molecule has 0 aromatic heterocycles. The number of aryl methyl sites for hydroxylation is 2. The molecular weight excluding hydrogens is 234 g/mol. The van der Waals surface area contributed by atoms with E-state index < -0.39 is 0 Å². The third-order valence-electron chi connectivity index (χ3n) is 3.84. The van der Waals surface area contributed by atoms with Gasteiger partial charge in [-0.1, -0.05) is 30.3 Å². The molecule has 2 aromatic rings. The van der Waals surface area contributed by atoms with Gasteiger partial charge in [0.15, 0.2) is 0 Å². The number of rotatable bonds is 2. The molecule has 0 saturated heterocycles. The van der Waals surface area contributed by atoms with Gasteiger partial charge in [0.25, 0.3) is 0 Å². The van der Waals surface area contributed by atoms with Gasteiger partial charge in [-0.25, -0.2) is 0 Å². The van der Waals surface area contributed by atoms with Crippen LogP contribution < -0.4 is 4.90 Å². The zero-order valence-corrected chi connectivity index (χ0v) is 11.3. The maximum Gasteiger partial charge on any atom is 0.0681 e. The average Bonchev–Trinajstić information content (AvgIpc) is 2.46. The summed E-state index contributed by atoms with van der Waals surface area (Å²) < 4.78 is 0. The molecule has 3 rings (SSSR count). The molecule has 0 radical (unpaired) electrons. The van der Waals surface area contributed by atoms with Crippen LogP contribution in [0.15, 0.2) is 42.5 Å². The van der Waals surface area contributed by atoms with Crippen molar-refractivity contribution in [2.24, 2.45) is 0 Å². The molecule has 2 aromatic carbocycles. The molecule has 19 heavy (non-hydrogen) atoms. The number of anilines is 2. The van der Waals surface area contributed by atoms with Crippen molar-refractivity contribution < 1.29 is 5.11 Å². The molecule has 0 saturated carbocycles. The molecule has 0 amide bonds. The van der Waals surface area contributed by atoms with E-state index in [1.165, 1.54) is 35.3 Å². The minimum absolute atomic E-state index is 0.109. The van der Waals surface area contributed by atoms with Crippen LogP contribution in [-0.4, -0.2) is 11.7 Å². The maximum absolute atomic E-state index is 9.21. The van der Waals surface area contributed by atoms with Gasteiger partial charge in [-0.15, -0.1) is 0 Å². The van der Waals surface area contributed by atoms with Gasteiger partial charge >= 0.3 is 0 Å². The predicted octanol–water partition coefficient (Wildman–Crippen LogP) is 3.57. The van der Waals surface area contributed by atoms with E-state index in [1.54, 1.807) is 0 Å². The van der Waals surface area contributed by atoms with E-state index in [-0.39, 0.29) is 6.61 Å². The first kappa shape index (κ1) is 12.2. The molecule has 1 aliphatic heterocycles. The zero-order chi connectivity index (χ0) is 13.2. The quantitative estimate of drug-likeness (QED) is 0.884. The Morgan fingerprint density at radius 1 is 1.11 bits per heavy atom. The van der Waals surface area contributed by atoms with Crippen LogP contribution in [0.1, 0.15) is 23.1 Å². The predicted molar refractivity (Wildman–Crippen MR) is 78.9 cm³/mol. The fraction of sp³-hybridized carbons (Fsp3) is 0.294. The molecule has 0 bridgehead atoms. The highest BCUT2D eigenvalue weighted by Gasteiger charge is 2.18. The van der Waals surface area contributed by atoms with Crippen molar-refractivity contribution in [1.29, 1.82) is 0 Å². The summed E-state index contributed by atoms with van der Waals surface area (Å²) in [5, 5.41) is 9.21. The second-order valence-electron chi connectivity index (χ2n) is 5.16. The Morgan fingerprint density at radius 2 is 1.95 bits per heavy atom. The van der Waals surface area contributed by atoms with Crippen molar-refractivity contribution in [3.63, 3.8) is 0 Å². The van der Waals surface area contributed by atoms with Gasteiger partial charge in [0, 0.05) is 17.9 Å². The molecule has 1 aliphatic rings. The Bertz CT molecular complexity index is 592. The summed E-state index contributed by atoms with van der Waals surface area (Å²) in [4.78, 5) is 2.40. The molecule has 1 heterocycles. The van der Waals surface area contributed by atoms with E-state index in [0.29, 0.717) is 0 Å². The van der Waals surface area contributed by atoms with Crippen LogP contribution in [0.2, 0.25) is 0 Å². The van der Waals surface area contributed by atoms with Crippen LogP contribution in [0.4, 0.5) is 11.4 Å². The molecule has 2 heteroatoms. The Kier molecular flexibility index (Phi) is 3.26. The molecule has 0 spiro atoms. The number of fused-ring (bicyclic) bond motifs is 1. The molecule has 0 unspecified atom stereocenters. The largest absolute Gasteiger partial charge is 0.392 e. The van der Waals surface area contributed by atoms with Gasteiger partial charge < -0.3 is 10.0 Å². The first-order chi connectivity index (χ1) is 9.29. The highest BCUT2D eigenvalue weighted by molar-refractivity contribution is 5.70. The first-order valence-electron chi connectivity index (χ1n) is 6.85. The second kappa shape index (κ2) is 5.06. The number of aliphatic hydroxyl groups excluding tert-OH is 1. The third-order valence-corrected chi connectivity index (χ3v) is 3.84. The summed E-state index contributed by atoms with van der Waals surface area (Å²) in [5.74, 6) is 0. The number of benzene rings is 2. The Morgan fingerprint density at radius 3 is 2.74 bits per heavy atom. The smallest absolute Gasteiger partial charge is 0.0681 e. The summed E-state index contributed by atoms with van der Waals surface area (Å²) in [7, 11) is 0. The van der Waals surface area contributed by atoms with Crippen LogP contribution >= 0.6 is 0 Å². The van der Waals surface area contributed by atoms with Crippen molar-refractivity contribution in [2.45, 2.75) is 26.4 Å². The second-order valence-corrected chi connectivity index (χ2v) is 5.16. The third kappa shape index (κ3) is 2.24. The highest BCUT2D eigenvalue weighted by atomic mass is 16.3. The first-order valence-corrected chi connectivity index (χ1v) is 6.85. The Hall–Kier alpha value is -1.80. The Balaban J connectivity index is 2.04. The number of aliphatic hydroxyl groups is 1. The van der Waals surface area contributed by atoms with Crippen molar-refractivity contribution >= 4 is 11.4 Å². The number of hydrogen-bond acceptors (Lipinski definition) is 2. The number of para-hydroxylation sites is 1. The minimum Gasteiger partial charge on any atom is -0.392 e. The lowest BCUT2D eigenvalue weighted by atomic mass is 9.99. The van der Waals surface area contributed by atoms with Gasteiger partial charge in [-0.2, -0.15) is 0 Å². The molecule has 0 atom stereocenters. The average molecular weight is 253 g/mol. The van der Waals surface area contributed by atoms with Gasteiger partial charge in [-0.05, 0) is 48.6 Å². The SMILES string of the molecule is Cc1cc(CO)ccc1N1CCCc2ccccc21. The highest BCUT2D eigenvalue weighted by Crippen LogP contribution is 2.35. The summed E-state index contributed by atoms with van der Waals surface area (Å²) >= 11 is 0. The summed E-state index contributed by atoms with van der Waals surface area (Å²) in [6, 6.07) is 14.9. The molecule has 98 valence electrons. The maximum atomic E-state index is 9.21. The van der Waals surface area contributed by atoms with Crippen LogP contribution in [-0.2, 0) is 13.0 Å². The van der Waals surface area contributed by atoms with Gasteiger partial charge in [0.1, 0.15) is 0 Å². The van der Waals surface area contributed by atoms with Crippen molar-refractivity contribution in [3.8, 4) is 0 Å².